The average molecular weight is 248 g/mol. The molecule has 0 heterocycles. The van der Waals surface area contributed by atoms with E-state index in [1.807, 2.05) is 24.3 Å². The molecule has 1 unspecified atom stereocenters. The van der Waals surface area contributed by atoms with Crippen molar-refractivity contribution in [1.29, 1.82) is 0 Å². The summed E-state index contributed by atoms with van der Waals surface area (Å²) in [5, 5.41) is 3.52. The summed E-state index contributed by atoms with van der Waals surface area (Å²) in [4.78, 5) is 13.4. The Hall–Kier alpha value is -1.35. The molecule has 100 valence electrons. The highest BCUT2D eigenvalue weighted by Gasteiger charge is 2.14. The number of carbonyl (C=O) groups is 1. The second-order valence-corrected chi connectivity index (χ2v) is 5.39. The Kier molecular flexibility index (Phi) is 5.35. The molecule has 0 saturated carbocycles. The number of carbonyl (C=O) groups excluding carboxylic acids is 1. The van der Waals surface area contributed by atoms with Crippen molar-refractivity contribution < 1.29 is 4.79 Å². The zero-order valence-corrected chi connectivity index (χ0v) is 12.0. The molecule has 0 saturated heterocycles. The lowest BCUT2D eigenvalue weighted by Crippen LogP contribution is -2.36. The lowest BCUT2D eigenvalue weighted by Gasteiger charge is -2.26. The van der Waals surface area contributed by atoms with Crippen LogP contribution >= 0.6 is 0 Å². The fourth-order valence-electron chi connectivity index (χ4n) is 1.83. The Labute approximate surface area is 110 Å². The molecule has 18 heavy (non-hydrogen) atoms. The van der Waals surface area contributed by atoms with Crippen molar-refractivity contribution in [1.82, 2.24) is 4.90 Å². The van der Waals surface area contributed by atoms with Crippen molar-refractivity contribution in [3.05, 3.63) is 29.8 Å². The zero-order chi connectivity index (χ0) is 13.7. The van der Waals surface area contributed by atoms with Crippen molar-refractivity contribution in [3.63, 3.8) is 0 Å². The molecule has 0 spiro atoms. The summed E-state index contributed by atoms with van der Waals surface area (Å²) in [6, 6.07) is 8.10. The number of anilines is 1. The van der Waals surface area contributed by atoms with Crippen LogP contribution < -0.4 is 5.32 Å². The SMILES string of the molecule is CC(=O)c1ccc(NC(CN(C)C)C(C)C)cc1. The first kappa shape index (κ1) is 14.7. The Balaban J connectivity index is 2.72. The molecular weight excluding hydrogens is 224 g/mol. The fourth-order valence-corrected chi connectivity index (χ4v) is 1.83. The van der Waals surface area contributed by atoms with Crippen LogP contribution in [0.4, 0.5) is 5.69 Å². The molecule has 0 aliphatic heterocycles. The highest BCUT2D eigenvalue weighted by atomic mass is 16.1. The maximum absolute atomic E-state index is 11.2. The first-order valence-electron chi connectivity index (χ1n) is 6.42. The van der Waals surface area contributed by atoms with Crippen molar-refractivity contribution in [2.75, 3.05) is 26.0 Å². The van der Waals surface area contributed by atoms with Gasteiger partial charge in [0.15, 0.2) is 5.78 Å². The zero-order valence-electron chi connectivity index (χ0n) is 12.0. The number of nitrogens with one attached hydrogen (secondary N) is 1. The number of benzene rings is 1. The summed E-state index contributed by atoms with van der Waals surface area (Å²) in [6.45, 7) is 7.01. The first-order chi connectivity index (χ1) is 8.40. The molecule has 1 rings (SSSR count). The molecule has 1 atom stereocenters. The normalized spacial score (nSPS) is 12.8. The third-order valence-electron chi connectivity index (χ3n) is 3.01. The molecule has 0 bridgehead atoms. The smallest absolute Gasteiger partial charge is 0.159 e. The van der Waals surface area contributed by atoms with Crippen LogP contribution in [0.5, 0.6) is 0 Å². The van der Waals surface area contributed by atoms with Gasteiger partial charge in [-0.05, 0) is 51.2 Å². The van der Waals surface area contributed by atoms with Gasteiger partial charge in [0.05, 0.1) is 0 Å². The van der Waals surface area contributed by atoms with E-state index >= 15 is 0 Å². The van der Waals surface area contributed by atoms with Crippen molar-refractivity contribution in [2.45, 2.75) is 26.8 Å². The summed E-state index contributed by atoms with van der Waals surface area (Å²) >= 11 is 0. The van der Waals surface area contributed by atoms with Gasteiger partial charge in [0.1, 0.15) is 0 Å². The molecular formula is C15H24N2O. The Bertz CT molecular complexity index is 382. The van der Waals surface area contributed by atoms with E-state index in [0.29, 0.717) is 12.0 Å². The van der Waals surface area contributed by atoms with Gasteiger partial charge in [-0.3, -0.25) is 4.79 Å². The maximum Gasteiger partial charge on any atom is 0.159 e. The molecule has 0 aromatic heterocycles. The van der Waals surface area contributed by atoms with E-state index in [4.69, 9.17) is 0 Å². The van der Waals surface area contributed by atoms with Crippen LogP contribution in [0.3, 0.4) is 0 Å². The first-order valence-corrected chi connectivity index (χ1v) is 6.42. The van der Waals surface area contributed by atoms with Gasteiger partial charge in [0, 0.05) is 23.8 Å². The number of Topliss-reactive ketones (excluding diaryl/α,β-unsaturated/α-hetero) is 1. The van der Waals surface area contributed by atoms with Gasteiger partial charge >= 0.3 is 0 Å². The van der Waals surface area contributed by atoms with Gasteiger partial charge < -0.3 is 10.2 Å². The van der Waals surface area contributed by atoms with E-state index in [1.165, 1.54) is 0 Å². The van der Waals surface area contributed by atoms with E-state index in [9.17, 15) is 4.79 Å². The quantitative estimate of drug-likeness (QED) is 0.786. The number of hydrogen-bond donors (Lipinski definition) is 1. The summed E-state index contributed by atoms with van der Waals surface area (Å²) in [7, 11) is 4.16. The highest BCUT2D eigenvalue weighted by Crippen LogP contribution is 2.15. The Morgan fingerprint density at radius 3 is 2.17 bits per heavy atom. The van der Waals surface area contributed by atoms with Gasteiger partial charge in [-0.25, -0.2) is 0 Å². The topological polar surface area (TPSA) is 32.3 Å². The van der Waals surface area contributed by atoms with Gasteiger partial charge in [-0.15, -0.1) is 0 Å². The van der Waals surface area contributed by atoms with Crippen molar-refractivity contribution in [2.24, 2.45) is 5.92 Å². The molecule has 0 aliphatic carbocycles. The van der Waals surface area contributed by atoms with Crippen LogP contribution in [0.1, 0.15) is 31.1 Å². The van der Waals surface area contributed by atoms with Crippen LogP contribution in [-0.4, -0.2) is 37.4 Å². The standard InChI is InChI=1S/C15H24N2O/c1-11(2)15(10-17(4)5)16-14-8-6-13(7-9-14)12(3)18/h6-9,11,15-16H,10H2,1-5H3. The molecule has 0 fully saturated rings. The number of likely N-dealkylation sites (N-methyl/N-ethyl adjacent to an activating group) is 1. The minimum Gasteiger partial charge on any atom is -0.381 e. The maximum atomic E-state index is 11.2. The number of ketones is 1. The molecule has 0 aliphatic rings. The molecule has 0 radical (unpaired) electrons. The third-order valence-corrected chi connectivity index (χ3v) is 3.01. The van der Waals surface area contributed by atoms with Gasteiger partial charge in [-0.1, -0.05) is 13.8 Å². The number of nitrogens with zero attached hydrogens (tertiary/aromatic N) is 1. The van der Waals surface area contributed by atoms with Crippen LogP contribution in [-0.2, 0) is 0 Å². The Morgan fingerprint density at radius 1 is 1.22 bits per heavy atom. The van der Waals surface area contributed by atoms with Gasteiger partial charge in [0.25, 0.3) is 0 Å². The van der Waals surface area contributed by atoms with Crippen molar-refractivity contribution >= 4 is 11.5 Å². The summed E-state index contributed by atoms with van der Waals surface area (Å²) in [5.74, 6) is 0.662. The molecule has 1 N–H and O–H groups in total. The second-order valence-electron chi connectivity index (χ2n) is 5.39. The van der Waals surface area contributed by atoms with E-state index < -0.39 is 0 Å². The van der Waals surface area contributed by atoms with Crippen LogP contribution in [0.15, 0.2) is 24.3 Å². The highest BCUT2D eigenvalue weighted by molar-refractivity contribution is 5.94. The summed E-state index contributed by atoms with van der Waals surface area (Å²) in [6.07, 6.45) is 0. The van der Waals surface area contributed by atoms with Crippen LogP contribution in [0.25, 0.3) is 0 Å². The van der Waals surface area contributed by atoms with E-state index in [0.717, 1.165) is 17.8 Å². The molecule has 1 aromatic carbocycles. The average Bonchev–Trinajstić information content (AvgIpc) is 2.28. The van der Waals surface area contributed by atoms with Crippen LogP contribution in [0.2, 0.25) is 0 Å². The molecule has 1 aromatic rings. The lowest BCUT2D eigenvalue weighted by molar-refractivity contribution is 0.101. The van der Waals surface area contributed by atoms with E-state index in [-0.39, 0.29) is 5.78 Å². The van der Waals surface area contributed by atoms with Gasteiger partial charge in [0.2, 0.25) is 0 Å². The number of rotatable bonds is 6. The lowest BCUT2D eigenvalue weighted by atomic mass is 10.0. The minimum absolute atomic E-state index is 0.107. The molecule has 0 amide bonds. The summed E-state index contributed by atoms with van der Waals surface area (Å²) < 4.78 is 0. The minimum atomic E-state index is 0.107. The molecule has 3 heteroatoms. The summed E-state index contributed by atoms with van der Waals surface area (Å²) in [5.41, 5.74) is 1.83. The number of hydrogen-bond acceptors (Lipinski definition) is 3. The fraction of sp³-hybridized carbons (Fsp3) is 0.533. The van der Waals surface area contributed by atoms with Crippen LogP contribution in [0, 0.1) is 5.92 Å². The van der Waals surface area contributed by atoms with Crippen molar-refractivity contribution in [3.8, 4) is 0 Å². The van der Waals surface area contributed by atoms with Gasteiger partial charge in [-0.2, -0.15) is 0 Å². The predicted molar refractivity (Wildman–Crippen MR) is 77.2 cm³/mol. The monoisotopic (exact) mass is 248 g/mol. The third kappa shape index (κ3) is 4.49. The van der Waals surface area contributed by atoms with E-state index in [1.54, 1.807) is 6.92 Å². The Morgan fingerprint density at radius 2 is 1.78 bits per heavy atom. The molecule has 3 nitrogen and oxygen atoms in total. The predicted octanol–water partition coefficient (Wildman–Crippen LogP) is 2.89. The largest absolute Gasteiger partial charge is 0.381 e. The second kappa shape index (κ2) is 6.55. The van der Waals surface area contributed by atoms with E-state index in [2.05, 4.69) is 38.2 Å².